The van der Waals surface area contributed by atoms with Crippen LogP contribution in [0.2, 0.25) is 0 Å². The van der Waals surface area contributed by atoms with Crippen LogP contribution in [0, 0.1) is 17.8 Å². The number of nitrogens with zero attached hydrogens (tertiary/aromatic N) is 1. The summed E-state index contributed by atoms with van der Waals surface area (Å²) < 4.78 is 5.61. The molecule has 2 fully saturated rings. The van der Waals surface area contributed by atoms with Gasteiger partial charge in [0.1, 0.15) is 0 Å². The van der Waals surface area contributed by atoms with Crippen molar-refractivity contribution in [2.45, 2.75) is 58.9 Å². The highest BCUT2D eigenvalue weighted by molar-refractivity contribution is 4.87. The second-order valence-electron chi connectivity index (χ2n) is 7.40. The largest absolute Gasteiger partial charge is 0.380 e. The summed E-state index contributed by atoms with van der Waals surface area (Å²) in [4.78, 5) is 2.65. The molecule has 0 aromatic rings. The van der Waals surface area contributed by atoms with Gasteiger partial charge in [-0.25, -0.2) is 0 Å². The number of hydrogen-bond acceptors (Lipinski definition) is 3. The standard InChI is InChI=1S/C18H36N2O/c1-4-8-19-18-7-6-16(15(2)3)13-17(18)14-20-9-5-11-21-12-10-20/h15-19H,4-14H2,1-3H3. The van der Waals surface area contributed by atoms with Crippen LogP contribution in [-0.2, 0) is 4.74 Å². The van der Waals surface area contributed by atoms with Gasteiger partial charge in [0.2, 0.25) is 0 Å². The lowest BCUT2D eigenvalue weighted by molar-refractivity contribution is 0.111. The number of rotatable bonds is 6. The Morgan fingerprint density at radius 1 is 1.19 bits per heavy atom. The van der Waals surface area contributed by atoms with E-state index in [1.165, 1.54) is 51.7 Å². The molecule has 2 aliphatic rings. The molecule has 1 aliphatic heterocycles. The van der Waals surface area contributed by atoms with Gasteiger partial charge in [-0.05, 0) is 56.4 Å². The highest BCUT2D eigenvalue weighted by atomic mass is 16.5. The van der Waals surface area contributed by atoms with Crippen LogP contribution in [-0.4, -0.2) is 50.3 Å². The van der Waals surface area contributed by atoms with E-state index in [1.807, 2.05) is 0 Å². The fourth-order valence-electron chi connectivity index (χ4n) is 4.02. The summed E-state index contributed by atoms with van der Waals surface area (Å²) in [6, 6.07) is 0.740. The Morgan fingerprint density at radius 3 is 2.81 bits per heavy atom. The maximum atomic E-state index is 5.61. The molecule has 3 heteroatoms. The van der Waals surface area contributed by atoms with Crippen molar-refractivity contribution >= 4 is 0 Å². The van der Waals surface area contributed by atoms with Crippen molar-refractivity contribution in [1.29, 1.82) is 0 Å². The van der Waals surface area contributed by atoms with E-state index in [0.29, 0.717) is 0 Å². The minimum absolute atomic E-state index is 0.740. The van der Waals surface area contributed by atoms with Crippen LogP contribution < -0.4 is 5.32 Å². The first kappa shape index (κ1) is 17.2. The van der Waals surface area contributed by atoms with E-state index in [0.717, 1.165) is 43.6 Å². The minimum Gasteiger partial charge on any atom is -0.380 e. The van der Waals surface area contributed by atoms with E-state index in [1.54, 1.807) is 0 Å². The first-order chi connectivity index (χ1) is 10.2. The van der Waals surface area contributed by atoms with Crippen LogP contribution in [0.25, 0.3) is 0 Å². The molecule has 3 atom stereocenters. The molecule has 3 unspecified atom stereocenters. The number of nitrogens with one attached hydrogen (secondary N) is 1. The van der Waals surface area contributed by atoms with E-state index in [2.05, 4.69) is 31.0 Å². The van der Waals surface area contributed by atoms with Gasteiger partial charge in [-0.15, -0.1) is 0 Å². The zero-order valence-corrected chi connectivity index (χ0v) is 14.4. The van der Waals surface area contributed by atoms with Crippen molar-refractivity contribution in [1.82, 2.24) is 10.2 Å². The molecule has 21 heavy (non-hydrogen) atoms. The smallest absolute Gasteiger partial charge is 0.0593 e. The van der Waals surface area contributed by atoms with Crippen LogP contribution in [0.3, 0.4) is 0 Å². The predicted octanol–water partition coefficient (Wildman–Crippen LogP) is 3.15. The Morgan fingerprint density at radius 2 is 2.05 bits per heavy atom. The topological polar surface area (TPSA) is 24.5 Å². The highest BCUT2D eigenvalue weighted by Gasteiger charge is 2.32. The van der Waals surface area contributed by atoms with E-state index < -0.39 is 0 Å². The van der Waals surface area contributed by atoms with Crippen molar-refractivity contribution in [2.24, 2.45) is 17.8 Å². The molecule has 0 bridgehead atoms. The molecule has 3 nitrogen and oxygen atoms in total. The molecule has 0 aromatic carbocycles. The molecule has 2 rings (SSSR count). The SMILES string of the molecule is CCCNC1CCC(C(C)C)CC1CN1CCCOCC1. The highest BCUT2D eigenvalue weighted by Crippen LogP contribution is 2.34. The summed E-state index contributed by atoms with van der Waals surface area (Å²) in [5, 5.41) is 3.83. The van der Waals surface area contributed by atoms with Gasteiger partial charge in [-0.2, -0.15) is 0 Å². The van der Waals surface area contributed by atoms with Gasteiger partial charge >= 0.3 is 0 Å². The molecule has 0 aromatic heterocycles. The first-order valence-electron chi connectivity index (χ1n) is 9.24. The van der Waals surface area contributed by atoms with Crippen LogP contribution >= 0.6 is 0 Å². The first-order valence-corrected chi connectivity index (χ1v) is 9.24. The van der Waals surface area contributed by atoms with Crippen LogP contribution in [0.1, 0.15) is 52.9 Å². The summed E-state index contributed by atoms with van der Waals surface area (Å²) in [6.07, 6.45) is 6.65. The molecule has 1 saturated carbocycles. The molecule has 1 N–H and O–H groups in total. The predicted molar refractivity (Wildman–Crippen MR) is 89.6 cm³/mol. The maximum Gasteiger partial charge on any atom is 0.0593 e. The fourth-order valence-corrected chi connectivity index (χ4v) is 4.02. The van der Waals surface area contributed by atoms with Gasteiger partial charge < -0.3 is 15.0 Å². The van der Waals surface area contributed by atoms with Crippen LogP contribution in [0.4, 0.5) is 0 Å². The van der Waals surface area contributed by atoms with Crippen molar-refractivity contribution in [3.05, 3.63) is 0 Å². The Bertz CT molecular complexity index is 274. The third kappa shape index (κ3) is 5.54. The third-order valence-corrected chi connectivity index (χ3v) is 5.43. The summed E-state index contributed by atoms with van der Waals surface area (Å²) in [7, 11) is 0. The van der Waals surface area contributed by atoms with Gasteiger partial charge in [0.05, 0.1) is 6.61 Å². The van der Waals surface area contributed by atoms with Crippen molar-refractivity contribution < 1.29 is 4.74 Å². The molecular weight excluding hydrogens is 260 g/mol. The summed E-state index contributed by atoms with van der Waals surface area (Å²) in [6.45, 7) is 13.8. The summed E-state index contributed by atoms with van der Waals surface area (Å²) in [5.41, 5.74) is 0. The molecule has 1 saturated heterocycles. The molecule has 0 spiro atoms. The van der Waals surface area contributed by atoms with Gasteiger partial charge in [0.25, 0.3) is 0 Å². The Hall–Kier alpha value is -0.120. The zero-order chi connectivity index (χ0) is 15.1. The Kier molecular flexibility index (Phi) is 7.48. The van der Waals surface area contributed by atoms with Crippen LogP contribution in [0.15, 0.2) is 0 Å². The Labute approximate surface area is 131 Å². The monoisotopic (exact) mass is 296 g/mol. The van der Waals surface area contributed by atoms with Crippen LogP contribution in [0.5, 0.6) is 0 Å². The average molecular weight is 296 g/mol. The van der Waals surface area contributed by atoms with E-state index in [4.69, 9.17) is 4.74 Å². The lowest BCUT2D eigenvalue weighted by atomic mass is 9.73. The van der Waals surface area contributed by atoms with Gasteiger partial charge in [0, 0.05) is 32.3 Å². The quantitative estimate of drug-likeness (QED) is 0.815. The fraction of sp³-hybridized carbons (Fsp3) is 1.00. The molecule has 1 heterocycles. The van der Waals surface area contributed by atoms with Crippen molar-refractivity contribution in [2.75, 3.05) is 39.4 Å². The number of hydrogen-bond donors (Lipinski definition) is 1. The lowest BCUT2D eigenvalue weighted by Gasteiger charge is -2.40. The second-order valence-corrected chi connectivity index (χ2v) is 7.40. The molecule has 1 aliphatic carbocycles. The minimum atomic E-state index is 0.740. The normalized spacial score (nSPS) is 32.3. The molecule has 124 valence electrons. The van der Waals surface area contributed by atoms with E-state index >= 15 is 0 Å². The maximum absolute atomic E-state index is 5.61. The summed E-state index contributed by atoms with van der Waals surface area (Å²) >= 11 is 0. The zero-order valence-electron chi connectivity index (χ0n) is 14.4. The molecule has 0 amide bonds. The Balaban J connectivity index is 1.91. The second kappa shape index (κ2) is 9.12. The van der Waals surface area contributed by atoms with Gasteiger partial charge in [-0.3, -0.25) is 0 Å². The lowest BCUT2D eigenvalue weighted by Crippen LogP contribution is -2.47. The van der Waals surface area contributed by atoms with Crippen molar-refractivity contribution in [3.63, 3.8) is 0 Å². The number of ether oxygens (including phenoxy) is 1. The third-order valence-electron chi connectivity index (χ3n) is 5.43. The average Bonchev–Trinajstić information content (AvgIpc) is 2.74. The van der Waals surface area contributed by atoms with Crippen molar-refractivity contribution in [3.8, 4) is 0 Å². The van der Waals surface area contributed by atoms with Gasteiger partial charge in [0.15, 0.2) is 0 Å². The van der Waals surface area contributed by atoms with E-state index in [9.17, 15) is 0 Å². The molecular formula is C18H36N2O. The van der Waals surface area contributed by atoms with Gasteiger partial charge in [-0.1, -0.05) is 20.8 Å². The summed E-state index contributed by atoms with van der Waals surface area (Å²) in [5.74, 6) is 2.60. The van der Waals surface area contributed by atoms with E-state index in [-0.39, 0.29) is 0 Å². The molecule has 0 radical (unpaired) electrons.